The van der Waals surface area contributed by atoms with E-state index >= 15 is 0 Å². The molecule has 172 valence electrons. The highest BCUT2D eigenvalue weighted by Crippen LogP contribution is 2.67. The van der Waals surface area contributed by atoms with Crippen molar-refractivity contribution in [2.75, 3.05) is 6.61 Å². The van der Waals surface area contributed by atoms with Crippen LogP contribution in [0.4, 0.5) is 4.79 Å². The van der Waals surface area contributed by atoms with E-state index in [-0.39, 0.29) is 11.5 Å². The Bertz CT molecular complexity index is 754. The number of rotatable bonds is 5. The first-order valence-electron chi connectivity index (χ1n) is 12.5. The Morgan fingerprint density at radius 3 is 2.74 bits per heavy atom. The highest BCUT2D eigenvalue weighted by Gasteiger charge is 2.59. The van der Waals surface area contributed by atoms with Crippen molar-refractivity contribution in [3.05, 3.63) is 23.8 Å². The Morgan fingerprint density at radius 2 is 2.00 bits per heavy atom. The first-order chi connectivity index (χ1) is 14.8. The molecule has 3 saturated carbocycles. The maximum absolute atomic E-state index is 11.8. The fourth-order valence-electron chi connectivity index (χ4n) is 8.28. The van der Waals surface area contributed by atoms with E-state index in [9.17, 15) is 9.59 Å². The quantitative estimate of drug-likeness (QED) is 0.217. The largest absolute Gasteiger partial charge is 0.508 e. The zero-order chi connectivity index (χ0) is 22.2. The van der Waals surface area contributed by atoms with E-state index in [0.717, 1.165) is 43.3 Å². The number of aldehydes is 1. The van der Waals surface area contributed by atoms with Crippen molar-refractivity contribution in [2.24, 2.45) is 40.4 Å². The smallest absolute Gasteiger partial charge is 0.435 e. The average molecular weight is 429 g/mol. The van der Waals surface area contributed by atoms with Crippen LogP contribution in [-0.2, 0) is 14.3 Å². The van der Waals surface area contributed by atoms with Crippen LogP contribution in [-0.4, -0.2) is 25.2 Å². The number of fused-ring (bicyclic) bond motifs is 5. The number of hydrogen-bond donors (Lipinski definition) is 0. The van der Waals surface area contributed by atoms with Crippen molar-refractivity contribution >= 4 is 12.4 Å². The van der Waals surface area contributed by atoms with Crippen LogP contribution in [0.15, 0.2) is 23.8 Å². The lowest BCUT2D eigenvalue weighted by Gasteiger charge is -2.58. The Kier molecular flexibility index (Phi) is 6.38. The highest BCUT2D eigenvalue weighted by molar-refractivity contribution is 5.64. The van der Waals surface area contributed by atoms with Gasteiger partial charge >= 0.3 is 6.16 Å². The van der Waals surface area contributed by atoms with Gasteiger partial charge in [-0.3, -0.25) is 4.79 Å². The minimum Gasteiger partial charge on any atom is -0.435 e. The number of ether oxygens (including phenoxy) is 2. The molecule has 0 aromatic heterocycles. The molecular formula is C27H40O4. The molecule has 0 bridgehead atoms. The molecule has 4 heteroatoms. The van der Waals surface area contributed by atoms with Crippen LogP contribution in [0.5, 0.6) is 0 Å². The lowest BCUT2D eigenvalue weighted by molar-refractivity contribution is -0.104. The van der Waals surface area contributed by atoms with Crippen molar-refractivity contribution in [3.8, 4) is 0 Å². The molecule has 3 fully saturated rings. The average Bonchev–Trinajstić information content (AvgIpc) is 3.09. The van der Waals surface area contributed by atoms with E-state index in [1.807, 2.05) is 6.92 Å². The van der Waals surface area contributed by atoms with Gasteiger partial charge in [-0.1, -0.05) is 38.5 Å². The molecule has 31 heavy (non-hydrogen) atoms. The number of allylic oxidation sites excluding steroid dienone is 3. The van der Waals surface area contributed by atoms with Crippen LogP contribution in [0.25, 0.3) is 0 Å². The molecule has 4 rings (SSSR count). The number of carbonyl (C=O) groups excluding carboxylic acids is 2. The van der Waals surface area contributed by atoms with Crippen LogP contribution in [0.1, 0.15) is 79.1 Å². The fourth-order valence-corrected chi connectivity index (χ4v) is 8.28. The number of hydrogen-bond acceptors (Lipinski definition) is 4. The zero-order valence-electron chi connectivity index (χ0n) is 19.8. The van der Waals surface area contributed by atoms with Gasteiger partial charge in [-0.15, -0.1) is 0 Å². The second-order valence-corrected chi connectivity index (χ2v) is 11.0. The molecule has 0 aliphatic heterocycles. The lowest BCUT2D eigenvalue weighted by atomic mass is 9.47. The third-order valence-electron chi connectivity index (χ3n) is 9.79. The van der Waals surface area contributed by atoms with Crippen molar-refractivity contribution in [2.45, 2.75) is 85.2 Å². The van der Waals surface area contributed by atoms with Gasteiger partial charge in [-0.25, -0.2) is 4.79 Å². The van der Waals surface area contributed by atoms with Gasteiger partial charge in [0.05, 0.1) is 6.61 Å². The molecule has 0 radical (unpaired) electrons. The molecule has 0 aromatic carbocycles. The summed E-state index contributed by atoms with van der Waals surface area (Å²) in [5.41, 5.74) is 2.16. The van der Waals surface area contributed by atoms with Crippen molar-refractivity contribution in [1.29, 1.82) is 0 Å². The van der Waals surface area contributed by atoms with Crippen LogP contribution in [0.3, 0.4) is 0 Å². The summed E-state index contributed by atoms with van der Waals surface area (Å²) in [5.74, 6) is 3.45. The predicted octanol–water partition coefficient (Wildman–Crippen LogP) is 6.50. The molecule has 0 amide bonds. The summed E-state index contributed by atoms with van der Waals surface area (Å²) in [6.45, 7) is 9.51. The third-order valence-corrected chi connectivity index (χ3v) is 9.79. The second-order valence-electron chi connectivity index (χ2n) is 11.0. The minimum atomic E-state index is -0.520. The molecule has 0 unspecified atom stereocenters. The molecular weight excluding hydrogens is 388 g/mol. The van der Waals surface area contributed by atoms with Gasteiger partial charge in [-0.05, 0) is 98.4 Å². The van der Waals surface area contributed by atoms with Gasteiger partial charge in [0, 0.05) is 6.42 Å². The SMILES string of the molecule is CCOC(=O)O[C@H]1CC[C@@]2(C)C(=CC[C@H]3[C@@H]4CC[C@H]([C@H](C)C=CC=O)[C@@]4(C)CC[C@@H]32)C1. The van der Waals surface area contributed by atoms with Crippen LogP contribution in [0.2, 0.25) is 0 Å². The molecule has 4 aliphatic rings. The van der Waals surface area contributed by atoms with E-state index in [2.05, 4.69) is 32.9 Å². The van der Waals surface area contributed by atoms with E-state index < -0.39 is 6.16 Å². The van der Waals surface area contributed by atoms with Crippen molar-refractivity contribution in [1.82, 2.24) is 0 Å². The summed E-state index contributed by atoms with van der Waals surface area (Å²) in [4.78, 5) is 22.6. The maximum Gasteiger partial charge on any atom is 0.508 e. The summed E-state index contributed by atoms with van der Waals surface area (Å²) in [5, 5.41) is 0. The molecule has 0 N–H and O–H groups in total. The summed E-state index contributed by atoms with van der Waals surface area (Å²) < 4.78 is 10.6. The summed E-state index contributed by atoms with van der Waals surface area (Å²) in [6.07, 6.45) is 16.0. The lowest BCUT2D eigenvalue weighted by Crippen LogP contribution is -2.51. The van der Waals surface area contributed by atoms with Crippen LogP contribution < -0.4 is 0 Å². The standard InChI is InChI=1S/C27H40O4/c1-5-30-25(29)31-20-12-14-26(3)19(17-20)8-9-21-23-11-10-22(18(2)7-6-16-28)27(23,4)15-13-24(21)26/h6-8,16,18,20-24H,5,9-15,17H2,1-4H3/t18-,20+,21+,22-,23+,24+,26+,27-/m1/s1. The van der Waals surface area contributed by atoms with Crippen LogP contribution in [0, 0.1) is 40.4 Å². The maximum atomic E-state index is 11.8. The Labute approximate surface area is 187 Å². The first kappa shape index (κ1) is 22.6. The van der Waals surface area contributed by atoms with E-state index in [4.69, 9.17) is 9.47 Å². The summed E-state index contributed by atoms with van der Waals surface area (Å²) >= 11 is 0. The molecule has 0 spiro atoms. The zero-order valence-corrected chi connectivity index (χ0v) is 19.8. The molecule has 0 heterocycles. The van der Waals surface area contributed by atoms with Gasteiger partial charge in [-0.2, -0.15) is 0 Å². The summed E-state index contributed by atoms with van der Waals surface area (Å²) in [7, 11) is 0. The van der Waals surface area contributed by atoms with Gasteiger partial charge in [0.15, 0.2) is 0 Å². The molecule has 0 aromatic rings. The second kappa shape index (κ2) is 8.75. The van der Waals surface area contributed by atoms with Crippen molar-refractivity contribution < 1.29 is 19.1 Å². The highest BCUT2D eigenvalue weighted by atomic mass is 16.7. The Morgan fingerprint density at radius 1 is 1.19 bits per heavy atom. The van der Waals surface area contributed by atoms with Gasteiger partial charge in [0.1, 0.15) is 12.4 Å². The Balaban J connectivity index is 1.50. The third kappa shape index (κ3) is 3.89. The number of carbonyl (C=O) groups is 2. The van der Waals surface area contributed by atoms with Gasteiger partial charge < -0.3 is 9.47 Å². The predicted molar refractivity (Wildman–Crippen MR) is 121 cm³/mol. The van der Waals surface area contributed by atoms with E-state index in [1.165, 1.54) is 37.7 Å². The van der Waals surface area contributed by atoms with E-state index in [0.29, 0.717) is 23.9 Å². The molecule has 4 nitrogen and oxygen atoms in total. The Hall–Kier alpha value is -1.58. The topological polar surface area (TPSA) is 52.6 Å². The molecule has 8 atom stereocenters. The minimum absolute atomic E-state index is 0.0369. The van der Waals surface area contributed by atoms with Crippen LogP contribution >= 0.6 is 0 Å². The van der Waals surface area contributed by atoms with E-state index in [1.54, 1.807) is 6.08 Å². The molecule has 4 aliphatic carbocycles. The van der Waals surface area contributed by atoms with Gasteiger partial charge in [0.2, 0.25) is 0 Å². The first-order valence-corrected chi connectivity index (χ1v) is 12.5. The molecule has 0 saturated heterocycles. The van der Waals surface area contributed by atoms with Gasteiger partial charge in [0.25, 0.3) is 0 Å². The monoisotopic (exact) mass is 428 g/mol. The van der Waals surface area contributed by atoms with Crippen molar-refractivity contribution in [3.63, 3.8) is 0 Å². The summed E-state index contributed by atoms with van der Waals surface area (Å²) in [6, 6.07) is 0. The fraction of sp³-hybridized carbons (Fsp3) is 0.778. The normalized spacial score (nSPS) is 42.7.